The Morgan fingerprint density at radius 3 is 2.35 bits per heavy atom. The van der Waals surface area contributed by atoms with Crippen LogP contribution in [0.15, 0.2) is 42.5 Å². The van der Waals surface area contributed by atoms with E-state index < -0.39 is 5.97 Å². The molecule has 54 heavy (non-hydrogen) atoms. The highest BCUT2D eigenvalue weighted by Crippen LogP contribution is 2.46. The van der Waals surface area contributed by atoms with Crippen molar-refractivity contribution in [3.63, 3.8) is 0 Å². The Labute approximate surface area is 323 Å². The number of nitrogens with one attached hydrogen (secondary N) is 1. The predicted octanol–water partition coefficient (Wildman–Crippen LogP) is 9.02. The number of fused-ring (bicyclic) bond motifs is 4. The number of halogens is 2. The van der Waals surface area contributed by atoms with E-state index in [9.17, 15) is 9.90 Å². The van der Waals surface area contributed by atoms with Crippen molar-refractivity contribution in [2.45, 2.75) is 53.5 Å². The number of aromatic amines is 1. The third kappa shape index (κ3) is 6.27. The summed E-state index contributed by atoms with van der Waals surface area (Å²) in [5.41, 5.74) is 8.41. The number of carboxylic acids is 1. The van der Waals surface area contributed by atoms with E-state index >= 15 is 4.79 Å². The minimum absolute atomic E-state index is 0.0148. The lowest BCUT2D eigenvalue weighted by Gasteiger charge is -2.34. The van der Waals surface area contributed by atoms with Crippen LogP contribution in [0.2, 0.25) is 10.0 Å². The van der Waals surface area contributed by atoms with Crippen molar-refractivity contribution in [3.05, 3.63) is 92.0 Å². The molecule has 0 saturated heterocycles. The maximum atomic E-state index is 15.2. The smallest absolute Gasteiger partial charge is 0.354 e. The number of carbonyl (C=O) groups is 2. The summed E-state index contributed by atoms with van der Waals surface area (Å²) in [6.07, 6.45) is 1.12. The lowest BCUT2D eigenvalue weighted by Crippen LogP contribution is -2.43. The Morgan fingerprint density at radius 2 is 1.69 bits per heavy atom. The first-order valence-electron chi connectivity index (χ1n) is 17.9. The highest BCUT2D eigenvalue weighted by Gasteiger charge is 2.39. The van der Waals surface area contributed by atoms with Gasteiger partial charge in [0.15, 0.2) is 5.69 Å². The second-order valence-electron chi connectivity index (χ2n) is 14.0. The number of amides is 1. The van der Waals surface area contributed by atoms with Gasteiger partial charge in [-0.05, 0) is 101 Å². The molecule has 1 aliphatic heterocycles. The van der Waals surface area contributed by atoms with Gasteiger partial charge in [0.25, 0.3) is 5.91 Å². The van der Waals surface area contributed by atoms with Crippen LogP contribution in [0, 0.1) is 27.7 Å². The van der Waals surface area contributed by atoms with E-state index in [2.05, 4.69) is 14.8 Å². The van der Waals surface area contributed by atoms with Gasteiger partial charge in [0.1, 0.15) is 23.8 Å². The molecule has 0 fully saturated rings. The number of hydrogen-bond donors (Lipinski definition) is 2. The van der Waals surface area contributed by atoms with Crippen LogP contribution in [0.3, 0.4) is 0 Å². The molecule has 0 aliphatic carbocycles. The average molecular weight is 773 g/mol. The predicted molar refractivity (Wildman–Crippen MR) is 212 cm³/mol. The Morgan fingerprint density at radius 1 is 0.963 bits per heavy atom. The first-order valence-corrected chi connectivity index (χ1v) is 18.7. The average Bonchev–Trinajstić information content (AvgIpc) is 3.75. The topological polar surface area (TPSA) is 124 Å². The van der Waals surface area contributed by atoms with Crippen molar-refractivity contribution < 1.29 is 28.9 Å². The number of aryl methyl sites for hydroxylation is 6. The molecule has 0 spiro atoms. The summed E-state index contributed by atoms with van der Waals surface area (Å²) < 4.78 is 21.0. The molecular weight excluding hydrogens is 729 g/mol. The van der Waals surface area contributed by atoms with Crippen molar-refractivity contribution in [1.29, 1.82) is 0 Å². The second-order valence-corrected chi connectivity index (χ2v) is 14.8. The number of carbonyl (C=O) groups excluding carboxylic acids is 1. The van der Waals surface area contributed by atoms with Crippen LogP contribution in [0.4, 0.5) is 5.69 Å². The molecule has 1 aliphatic rings. The fourth-order valence-corrected chi connectivity index (χ4v) is 8.32. The molecule has 11 nitrogen and oxygen atoms in total. The van der Waals surface area contributed by atoms with Crippen LogP contribution in [-0.4, -0.2) is 69.8 Å². The van der Waals surface area contributed by atoms with E-state index in [4.69, 9.17) is 37.4 Å². The molecule has 13 heteroatoms. The fourth-order valence-electron chi connectivity index (χ4n) is 7.96. The van der Waals surface area contributed by atoms with Crippen molar-refractivity contribution in [2.24, 2.45) is 7.05 Å². The molecule has 6 aromatic rings. The van der Waals surface area contributed by atoms with Crippen molar-refractivity contribution >= 4 is 62.6 Å². The summed E-state index contributed by atoms with van der Waals surface area (Å²) in [5.74, 6) is -0.154. The van der Waals surface area contributed by atoms with Gasteiger partial charge in [0.05, 0.1) is 40.7 Å². The molecular formula is C41H43Cl2N5O6. The lowest BCUT2D eigenvalue weighted by atomic mass is 9.98. The van der Waals surface area contributed by atoms with Gasteiger partial charge in [-0.2, -0.15) is 5.10 Å². The Hall–Kier alpha value is -4.97. The fraction of sp³-hybridized carbons (Fsp3) is 0.341. The Kier molecular flexibility index (Phi) is 10.2. The molecule has 2 N–H and O–H groups in total. The number of rotatable bonds is 12. The molecule has 282 valence electrons. The second kappa shape index (κ2) is 14.7. The zero-order valence-corrected chi connectivity index (χ0v) is 32.9. The molecule has 0 bridgehead atoms. The largest absolute Gasteiger partial charge is 0.494 e. The molecule has 0 unspecified atom stereocenters. The Balaban J connectivity index is 1.38. The summed E-state index contributed by atoms with van der Waals surface area (Å²) in [5, 5.41) is 20.9. The van der Waals surface area contributed by atoms with E-state index in [0.717, 1.165) is 60.9 Å². The van der Waals surface area contributed by atoms with Crippen LogP contribution in [0.1, 0.15) is 68.4 Å². The van der Waals surface area contributed by atoms with Crippen LogP contribution >= 0.6 is 23.2 Å². The molecule has 0 saturated carbocycles. The molecule has 1 atom stereocenters. The number of anilines is 1. The van der Waals surface area contributed by atoms with Crippen LogP contribution in [-0.2, 0) is 18.2 Å². The number of methoxy groups -OCH3 is 1. The molecule has 3 aromatic carbocycles. The molecule has 0 radical (unpaired) electrons. The quantitative estimate of drug-likeness (QED) is 0.119. The zero-order chi connectivity index (χ0) is 38.6. The number of benzene rings is 3. The van der Waals surface area contributed by atoms with Crippen molar-refractivity contribution in [2.75, 3.05) is 38.4 Å². The van der Waals surface area contributed by atoms with E-state index in [0.29, 0.717) is 65.7 Å². The third-order valence-corrected chi connectivity index (χ3v) is 11.3. The van der Waals surface area contributed by atoms with Gasteiger partial charge in [0, 0.05) is 59.4 Å². The van der Waals surface area contributed by atoms with Gasteiger partial charge in [-0.15, -0.1) is 0 Å². The molecule has 1 amide bonds. The summed E-state index contributed by atoms with van der Waals surface area (Å²) in [6, 6.07) is 12.9. The number of aromatic carboxylic acids is 1. The zero-order valence-electron chi connectivity index (χ0n) is 31.4. The number of hydrogen-bond acceptors (Lipinski definition) is 6. The normalized spacial score (nSPS) is 14.4. The first kappa shape index (κ1) is 37.3. The van der Waals surface area contributed by atoms with Crippen LogP contribution < -0.4 is 14.4 Å². The van der Waals surface area contributed by atoms with Gasteiger partial charge in [0.2, 0.25) is 0 Å². The maximum Gasteiger partial charge on any atom is 0.354 e. The number of aromatic nitrogens is 4. The number of ether oxygens (including phenoxy) is 3. The number of carboxylic acid groups (broad SMARTS) is 1. The van der Waals surface area contributed by atoms with Crippen LogP contribution in [0.25, 0.3) is 32.9 Å². The van der Waals surface area contributed by atoms with E-state index in [1.807, 2.05) is 65.0 Å². The maximum absolute atomic E-state index is 15.2. The van der Waals surface area contributed by atoms with Crippen molar-refractivity contribution in [1.82, 2.24) is 19.3 Å². The van der Waals surface area contributed by atoms with Gasteiger partial charge < -0.3 is 33.4 Å². The molecule has 3 aromatic heterocycles. The van der Waals surface area contributed by atoms with E-state index in [1.54, 1.807) is 35.8 Å². The lowest BCUT2D eigenvalue weighted by molar-refractivity contribution is 0.0687. The van der Waals surface area contributed by atoms with E-state index in [1.165, 1.54) is 0 Å². The highest BCUT2D eigenvalue weighted by atomic mass is 35.5. The van der Waals surface area contributed by atoms with Crippen molar-refractivity contribution in [3.8, 4) is 22.6 Å². The SMILES string of the molecule is COCCOc1ccc2c(c1)c(N1C[C@@H](C)n3c(c(CCCOc4cc(C)c(Cl)c(C)c4)c4ccc(Cl)c(-c5c(C)n[nH]c5C)c43)C1=O)c(C(=O)O)n2C. The monoisotopic (exact) mass is 771 g/mol. The van der Waals surface area contributed by atoms with E-state index in [-0.39, 0.29) is 24.2 Å². The molecule has 4 heterocycles. The summed E-state index contributed by atoms with van der Waals surface area (Å²) in [4.78, 5) is 29.8. The van der Waals surface area contributed by atoms with Gasteiger partial charge in [-0.25, -0.2) is 4.79 Å². The summed E-state index contributed by atoms with van der Waals surface area (Å²) >= 11 is 13.5. The summed E-state index contributed by atoms with van der Waals surface area (Å²) in [7, 11) is 3.30. The third-order valence-electron chi connectivity index (χ3n) is 10.4. The first-order chi connectivity index (χ1) is 25.8. The number of nitrogens with zero attached hydrogens (tertiary/aromatic N) is 4. The van der Waals surface area contributed by atoms with Gasteiger partial charge >= 0.3 is 5.97 Å². The minimum Gasteiger partial charge on any atom is -0.494 e. The van der Waals surface area contributed by atoms with Gasteiger partial charge in [-0.1, -0.05) is 29.3 Å². The minimum atomic E-state index is -1.14. The number of H-pyrrole nitrogens is 1. The van der Waals surface area contributed by atoms with Crippen LogP contribution in [0.5, 0.6) is 11.5 Å². The standard InChI is InChI=1S/C41H43Cl2N5O6/c1-21-17-27(18-22(2)35(21)43)53-14-8-9-28-29-11-12-31(42)34(33-24(4)44-45-25(33)5)36(29)48-23(3)20-47(40(49)38(28)48)37-30-19-26(54-16-15-52-7)10-13-32(30)46(6)39(37)41(50)51/h10-13,17-19,23H,8-9,14-16,20H2,1-7H3,(H,44,45)(H,50,51)/t23-/m1/s1. The summed E-state index contributed by atoms with van der Waals surface area (Å²) in [6.45, 7) is 11.2. The highest BCUT2D eigenvalue weighted by molar-refractivity contribution is 6.35. The Bertz CT molecular complexity index is 2420. The van der Waals surface area contributed by atoms with Gasteiger partial charge in [-0.3, -0.25) is 9.89 Å². The molecule has 7 rings (SSSR count).